The maximum Gasteiger partial charge on any atom is 0.0963 e. The summed E-state index contributed by atoms with van der Waals surface area (Å²) in [5, 5.41) is 0. The Morgan fingerprint density at radius 1 is 1.58 bits per heavy atom. The van der Waals surface area contributed by atoms with Gasteiger partial charge in [0.1, 0.15) is 0 Å². The first kappa shape index (κ1) is 9.72. The van der Waals surface area contributed by atoms with Crippen molar-refractivity contribution in [3.05, 3.63) is 40.7 Å². The largest absolute Gasteiger partial charge is 0.250 e. The quantitative estimate of drug-likeness (QED) is 0.727. The molecule has 0 fully saturated rings. The van der Waals surface area contributed by atoms with Gasteiger partial charge in [0.05, 0.1) is 6.67 Å². The van der Waals surface area contributed by atoms with Gasteiger partial charge in [0, 0.05) is 10.4 Å². The molecule has 0 heterocycles. The minimum atomic E-state index is -0.415. The van der Waals surface area contributed by atoms with Gasteiger partial charge in [-0.05, 0) is 25.0 Å². The van der Waals surface area contributed by atoms with Crippen molar-refractivity contribution in [2.75, 3.05) is 6.67 Å². The fourth-order valence-electron chi connectivity index (χ4n) is 1.07. The van der Waals surface area contributed by atoms with E-state index in [4.69, 9.17) is 0 Å². The van der Waals surface area contributed by atoms with Crippen molar-refractivity contribution in [1.82, 2.24) is 0 Å². The molecule has 2 heteroatoms. The Labute approximate surface area is 80.9 Å². The van der Waals surface area contributed by atoms with Crippen LogP contribution >= 0.6 is 15.9 Å². The molecular formula is C10H11BrF. The van der Waals surface area contributed by atoms with Crippen molar-refractivity contribution in [1.29, 1.82) is 0 Å². The third-order valence-electron chi connectivity index (χ3n) is 1.85. The molecular weight excluding hydrogens is 219 g/mol. The molecule has 0 aliphatic carbocycles. The summed E-state index contributed by atoms with van der Waals surface area (Å²) in [6.07, 6.45) is 0. The van der Waals surface area contributed by atoms with Crippen LogP contribution in [0.15, 0.2) is 22.7 Å². The van der Waals surface area contributed by atoms with Gasteiger partial charge in [-0.1, -0.05) is 34.1 Å². The number of hydrogen-bond acceptors (Lipinski definition) is 0. The predicted octanol–water partition coefficient (Wildman–Crippen LogP) is 3.64. The van der Waals surface area contributed by atoms with E-state index in [1.165, 1.54) is 0 Å². The Balaban J connectivity index is 3.07. The summed E-state index contributed by atoms with van der Waals surface area (Å²) in [5.74, 6) is -0.265. The Hall–Kier alpha value is -0.370. The Morgan fingerprint density at radius 2 is 2.25 bits per heavy atom. The Bertz CT molecular complexity index is 271. The monoisotopic (exact) mass is 229 g/mol. The molecule has 0 nitrogen and oxygen atoms in total. The number of benzene rings is 1. The van der Waals surface area contributed by atoms with Crippen LogP contribution in [-0.4, -0.2) is 6.67 Å². The minimum absolute atomic E-state index is 0.265. The van der Waals surface area contributed by atoms with Crippen LogP contribution in [0.5, 0.6) is 0 Å². The molecule has 0 aliphatic rings. The van der Waals surface area contributed by atoms with Crippen LogP contribution < -0.4 is 0 Å². The van der Waals surface area contributed by atoms with Crippen molar-refractivity contribution in [2.24, 2.45) is 0 Å². The molecule has 1 aromatic rings. The third kappa shape index (κ3) is 1.86. The molecule has 0 N–H and O–H groups in total. The molecule has 1 atom stereocenters. The lowest BCUT2D eigenvalue weighted by Crippen LogP contribution is -1.97. The molecule has 1 unspecified atom stereocenters. The molecule has 0 saturated heterocycles. The van der Waals surface area contributed by atoms with Crippen LogP contribution in [0, 0.1) is 13.8 Å². The molecule has 1 radical (unpaired) electrons. The summed E-state index contributed by atoms with van der Waals surface area (Å²) >= 11 is 3.41. The van der Waals surface area contributed by atoms with Crippen LogP contribution in [0.2, 0.25) is 0 Å². The van der Waals surface area contributed by atoms with Crippen LogP contribution in [-0.2, 0) is 0 Å². The average Bonchev–Trinajstić information content (AvgIpc) is 2.08. The molecule has 0 saturated carbocycles. The second-order valence-electron chi connectivity index (χ2n) is 2.83. The molecule has 0 bridgehead atoms. The summed E-state index contributed by atoms with van der Waals surface area (Å²) in [4.78, 5) is 0. The lowest BCUT2D eigenvalue weighted by Gasteiger charge is -2.10. The van der Waals surface area contributed by atoms with Gasteiger partial charge >= 0.3 is 0 Å². The number of halogens is 2. The van der Waals surface area contributed by atoms with Crippen LogP contribution in [0.25, 0.3) is 0 Å². The first-order valence-corrected chi connectivity index (χ1v) is 4.60. The maximum atomic E-state index is 12.3. The standard InChI is InChI=1S/C10H11BrF/c1-7-4-3-5-9(10(7)11)8(2)6-12/h3-5,8H,2,6H2,1H3. The lowest BCUT2D eigenvalue weighted by molar-refractivity contribution is 0.464. The van der Waals surface area contributed by atoms with E-state index < -0.39 is 6.67 Å². The molecule has 1 rings (SSSR count). The topological polar surface area (TPSA) is 0 Å². The molecule has 0 amide bonds. The third-order valence-corrected chi connectivity index (χ3v) is 2.93. The lowest BCUT2D eigenvalue weighted by atomic mass is 10.0. The summed E-state index contributed by atoms with van der Waals surface area (Å²) in [5.41, 5.74) is 2.06. The van der Waals surface area contributed by atoms with Crippen molar-refractivity contribution in [2.45, 2.75) is 12.8 Å². The fraction of sp³-hybridized carbons (Fsp3) is 0.300. The second kappa shape index (κ2) is 4.04. The molecule has 0 aliphatic heterocycles. The van der Waals surface area contributed by atoms with Crippen molar-refractivity contribution < 1.29 is 4.39 Å². The van der Waals surface area contributed by atoms with E-state index in [-0.39, 0.29) is 5.92 Å². The van der Waals surface area contributed by atoms with Crippen molar-refractivity contribution in [3.8, 4) is 0 Å². The van der Waals surface area contributed by atoms with E-state index in [9.17, 15) is 4.39 Å². The van der Waals surface area contributed by atoms with Gasteiger partial charge in [-0.25, -0.2) is 0 Å². The Morgan fingerprint density at radius 3 is 2.83 bits per heavy atom. The summed E-state index contributed by atoms with van der Waals surface area (Å²) in [6, 6.07) is 5.80. The second-order valence-corrected chi connectivity index (χ2v) is 3.62. The highest BCUT2D eigenvalue weighted by molar-refractivity contribution is 9.10. The fourth-order valence-corrected chi connectivity index (χ4v) is 1.66. The predicted molar refractivity (Wildman–Crippen MR) is 53.0 cm³/mol. The minimum Gasteiger partial charge on any atom is -0.250 e. The number of aryl methyl sites for hydroxylation is 1. The van der Waals surface area contributed by atoms with Gasteiger partial charge in [0.15, 0.2) is 0 Å². The van der Waals surface area contributed by atoms with Crippen molar-refractivity contribution >= 4 is 15.9 Å². The van der Waals surface area contributed by atoms with E-state index in [0.717, 1.165) is 15.6 Å². The molecule has 0 spiro atoms. The highest BCUT2D eigenvalue weighted by atomic mass is 79.9. The van der Waals surface area contributed by atoms with Gasteiger partial charge in [0.25, 0.3) is 0 Å². The normalized spacial score (nSPS) is 13.0. The first-order valence-electron chi connectivity index (χ1n) is 3.81. The zero-order valence-electron chi connectivity index (χ0n) is 6.98. The van der Waals surface area contributed by atoms with E-state index in [0.29, 0.717) is 0 Å². The molecule has 0 aromatic heterocycles. The van der Waals surface area contributed by atoms with Gasteiger partial charge in [-0.2, -0.15) is 0 Å². The number of rotatable bonds is 2. The van der Waals surface area contributed by atoms with Gasteiger partial charge in [-0.15, -0.1) is 0 Å². The maximum absolute atomic E-state index is 12.3. The van der Waals surface area contributed by atoms with E-state index in [1.807, 2.05) is 25.1 Å². The van der Waals surface area contributed by atoms with Gasteiger partial charge in [-0.3, -0.25) is 4.39 Å². The van der Waals surface area contributed by atoms with Crippen LogP contribution in [0.4, 0.5) is 4.39 Å². The molecule has 12 heavy (non-hydrogen) atoms. The van der Waals surface area contributed by atoms with E-state index in [2.05, 4.69) is 22.9 Å². The summed E-state index contributed by atoms with van der Waals surface area (Å²) in [7, 11) is 0. The number of hydrogen-bond donors (Lipinski definition) is 0. The zero-order valence-corrected chi connectivity index (χ0v) is 8.57. The number of alkyl halides is 1. The van der Waals surface area contributed by atoms with E-state index in [1.54, 1.807) is 0 Å². The molecule has 1 aromatic carbocycles. The van der Waals surface area contributed by atoms with Crippen LogP contribution in [0.1, 0.15) is 17.0 Å². The highest BCUT2D eigenvalue weighted by Crippen LogP contribution is 2.27. The smallest absolute Gasteiger partial charge is 0.0963 e. The van der Waals surface area contributed by atoms with E-state index >= 15 is 0 Å². The SMILES string of the molecule is [CH2]C(CF)c1cccc(C)c1Br. The highest BCUT2D eigenvalue weighted by Gasteiger charge is 2.09. The molecule has 65 valence electrons. The zero-order chi connectivity index (χ0) is 9.14. The summed E-state index contributed by atoms with van der Waals surface area (Å²) < 4.78 is 13.3. The average molecular weight is 230 g/mol. The van der Waals surface area contributed by atoms with Crippen molar-refractivity contribution in [3.63, 3.8) is 0 Å². The van der Waals surface area contributed by atoms with Gasteiger partial charge < -0.3 is 0 Å². The summed E-state index contributed by atoms with van der Waals surface area (Å²) in [6.45, 7) is 5.29. The Kier molecular flexibility index (Phi) is 3.27. The first-order chi connectivity index (χ1) is 5.66. The van der Waals surface area contributed by atoms with Gasteiger partial charge in [0.2, 0.25) is 0 Å². The van der Waals surface area contributed by atoms with Crippen LogP contribution in [0.3, 0.4) is 0 Å².